The van der Waals surface area contributed by atoms with Crippen LogP contribution in [-0.4, -0.2) is 31.4 Å². The smallest absolute Gasteiger partial charge is 0.319 e. The van der Waals surface area contributed by atoms with Crippen LogP contribution in [0.15, 0.2) is 83.9 Å². The second-order valence-corrected chi connectivity index (χ2v) is 15.7. The van der Waals surface area contributed by atoms with Gasteiger partial charge >= 0.3 is 8.32 Å². The largest absolute Gasteiger partial charge is 0.533 e. The van der Waals surface area contributed by atoms with Crippen molar-refractivity contribution in [1.29, 1.82) is 0 Å². The number of unbranched alkanes of at least 4 members (excludes halogenated alkanes) is 2. The summed E-state index contributed by atoms with van der Waals surface area (Å²) in [7, 11) is -2.79. The lowest BCUT2D eigenvalue weighted by molar-refractivity contribution is -0.108. The first kappa shape index (κ1) is 26.4. The molecule has 1 atom stereocenters. The molecule has 0 saturated heterocycles. The molecule has 3 nitrogen and oxygen atoms in total. The van der Waals surface area contributed by atoms with Crippen LogP contribution in [0.5, 0.6) is 5.75 Å². The van der Waals surface area contributed by atoms with Gasteiger partial charge in [-0.2, -0.15) is 0 Å². The molecule has 1 aliphatic heterocycles. The molecule has 0 N–H and O–H groups in total. The van der Waals surface area contributed by atoms with Crippen LogP contribution in [0.25, 0.3) is 0 Å². The Bertz CT molecular complexity index is 1150. The summed E-state index contributed by atoms with van der Waals surface area (Å²) in [6, 6.07) is 27.6. The number of benzene rings is 3. The number of rotatable bonds is 10. The summed E-state index contributed by atoms with van der Waals surface area (Å²) in [6.07, 6.45) is 5.43. The van der Waals surface area contributed by atoms with Gasteiger partial charge in [-0.3, -0.25) is 4.99 Å². The minimum absolute atomic E-state index is 0.138. The number of carbonyl (C=O) groups excluding carboxylic acids is 1. The van der Waals surface area contributed by atoms with E-state index < -0.39 is 8.32 Å². The summed E-state index contributed by atoms with van der Waals surface area (Å²) in [6.45, 7) is 9.13. The second-order valence-electron chi connectivity index (χ2n) is 10.5. The van der Waals surface area contributed by atoms with Crippen molar-refractivity contribution >= 4 is 41.8 Å². The maximum Gasteiger partial charge on any atom is 0.319 e. The summed E-state index contributed by atoms with van der Waals surface area (Å²) in [5, 5.41) is 3.30. The summed E-state index contributed by atoms with van der Waals surface area (Å²) in [5.74, 6) is 1.58. The van der Waals surface area contributed by atoms with Gasteiger partial charge in [-0.05, 0) is 39.9 Å². The van der Waals surface area contributed by atoms with Crippen LogP contribution in [0.1, 0.15) is 58.1 Å². The van der Waals surface area contributed by atoms with E-state index in [0.717, 1.165) is 35.5 Å². The zero-order valence-electron chi connectivity index (χ0n) is 21.9. The molecular formula is C31H37NO2SSi. The Morgan fingerprint density at radius 2 is 1.58 bits per heavy atom. The molecule has 0 unspecified atom stereocenters. The van der Waals surface area contributed by atoms with E-state index in [1.165, 1.54) is 28.8 Å². The van der Waals surface area contributed by atoms with Gasteiger partial charge in [-0.1, -0.05) is 113 Å². The Morgan fingerprint density at radius 3 is 2.11 bits per heavy atom. The fourth-order valence-electron chi connectivity index (χ4n) is 5.09. The fraction of sp³-hybridized carbons (Fsp3) is 0.355. The normalized spacial score (nSPS) is 16.0. The highest BCUT2D eigenvalue weighted by molar-refractivity contribution is 8.14. The van der Waals surface area contributed by atoms with Gasteiger partial charge in [0.1, 0.15) is 23.1 Å². The van der Waals surface area contributed by atoms with Crippen LogP contribution in [0.4, 0.5) is 0 Å². The zero-order chi connectivity index (χ0) is 25.6. The van der Waals surface area contributed by atoms with Gasteiger partial charge in [-0.15, -0.1) is 11.8 Å². The molecule has 4 rings (SSSR count). The van der Waals surface area contributed by atoms with Crippen molar-refractivity contribution in [2.24, 2.45) is 4.99 Å². The van der Waals surface area contributed by atoms with E-state index in [4.69, 9.17) is 9.42 Å². The average molecular weight is 516 g/mol. The summed E-state index contributed by atoms with van der Waals surface area (Å²) >= 11 is 1.67. The van der Waals surface area contributed by atoms with Crippen LogP contribution in [-0.2, 0) is 11.2 Å². The third-order valence-corrected chi connectivity index (χ3v) is 12.9. The summed E-state index contributed by atoms with van der Waals surface area (Å²) < 4.78 is 7.45. The van der Waals surface area contributed by atoms with E-state index in [1.54, 1.807) is 11.8 Å². The van der Waals surface area contributed by atoms with E-state index in [9.17, 15) is 4.79 Å². The Hall–Kier alpha value is -2.63. The van der Waals surface area contributed by atoms with E-state index >= 15 is 0 Å². The molecule has 1 heterocycles. The lowest BCUT2D eigenvalue weighted by Crippen LogP contribution is -2.69. The fourth-order valence-corrected chi connectivity index (χ4v) is 10.6. The van der Waals surface area contributed by atoms with E-state index in [-0.39, 0.29) is 11.1 Å². The number of aldehydes is 1. The van der Waals surface area contributed by atoms with Gasteiger partial charge < -0.3 is 9.22 Å². The van der Waals surface area contributed by atoms with E-state index in [2.05, 4.69) is 107 Å². The lowest BCUT2D eigenvalue weighted by Gasteiger charge is -2.43. The number of hydrogen-bond acceptors (Lipinski definition) is 4. The SMILES string of the molecule is CCCCCc1cccc(O[Si](c2ccccc2)(c2ccccc2)C(C)(C)C)c1C1=N[C@@H](C=O)CS1. The molecule has 0 aromatic heterocycles. The molecule has 0 saturated carbocycles. The van der Waals surface area contributed by atoms with Gasteiger partial charge in [0, 0.05) is 5.75 Å². The third-order valence-electron chi connectivity index (χ3n) is 6.89. The molecule has 0 radical (unpaired) electrons. The monoisotopic (exact) mass is 515 g/mol. The summed E-state index contributed by atoms with van der Waals surface area (Å²) in [5.41, 5.74) is 2.34. The van der Waals surface area contributed by atoms with E-state index in [0.29, 0.717) is 5.75 Å². The van der Waals surface area contributed by atoms with Gasteiger partial charge in [0.2, 0.25) is 0 Å². The van der Waals surface area contributed by atoms with Gasteiger partial charge in [-0.25, -0.2) is 0 Å². The molecule has 188 valence electrons. The molecule has 3 aromatic carbocycles. The quantitative estimate of drug-likeness (QED) is 0.178. The number of carbonyl (C=O) groups is 1. The van der Waals surface area contributed by atoms with Crippen molar-refractivity contribution in [3.63, 3.8) is 0 Å². The average Bonchev–Trinajstić information content (AvgIpc) is 3.37. The molecule has 0 fully saturated rings. The van der Waals surface area contributed by atoms with Crippen molar-refractivity contribution in [3.8, 4) is 5.75 Å². The number of nitrogens with zero attached hydrogens (tertiary/aromatic N) is 1. The Balaban J connectivity index is 1.93. The Labute approximate surface area is 221 Å². The minimum Gasteiger partial charge on any atom is -0.533 e. The predicted molar refractivity (Wildman–Crippen MR) is 157 cm³/mol. The van der Waals surface area contributed by atoms with Crippen LogP contribution in [0.2, 0.25) is 5.04 Å². The maximum absolute atomic E-state index is 11.6. The molecule has 5 heteroatoms. The van der Waals surface area contributed by atoms with E-state index in [1.807, 2.05) is 0 Å². The third kappa shape index (κ3) is 5.37. The summed E-state index contributed by atoms with van der Waals surface area (Å²) in [4.78, 5) is 16.4. The van der Waals surface area contributed by atoms with Crippen LogP contribution >= 0.6 is 11.8 Å². The second kappa shape index (κ2) is 11.6. The first-order chi connectivity index (χ1) is 17.4. The standard InChI is InChI=1S/C31H37NO2SSi/c1-5-6-9-15-24-16-14-21-28(29(24)30-32-25(22-33)23-35-30)34-36(31(2,3)4,26-17-10-7-11-18-26)27-19-12-8-13-20-27/h7-8,10-14,16-22,25H,5-6,9,15,23H2,1-4H3/t25-/m0/s1. The van der Waals surface area contributed by atoms with Crippen LogP contribution in [0.3, 0.4) is 0 Å². The lowest BCUT2D eigenvalue weighted by atomic mass is 10.0. The van der Waals surface area contributed by atoms with Gasteiger partial charge in [0.15, 0.2) is 0 Å². The van der Waals surface area contributed by atoms with Crippen molar-refractivity contribution < 1.29 is 9.22 Å². The number of thioether (sulfide) groups is 1. The number of aliphatic imine (C=N–C) groups is 1. The van der Waals surface area contributed by atoms with Crippen LogP contribution in [0, 0.1) is 0 Å². The molecular weight excluding hydrogens is 478 g/mol. The highest BCUT2D eigenvalue weighted by Crippen LogP contribution is 2.40. The number of hydrogen-bond donors (Lipinski definition) is 0. The van der Waals surface area contributed by atoms with Crippen molar-refractivity contribution in [2.75, 3.05) is 5.75 Å². The van der Waals surface area contributed by atoms with Gasteiger partial charge in [0.05, 0.1) is 5.56 Å². The molecule has 0 bridgehead atoms. The maximum atomic E-state index is 11.6. The molecule has 3 aromatic rings. The highest BCUT2D eigenvalue weighted by Gasteiger charge is 2.52. The van der Waals surface area contributed by atoms with Crippen molar-refractivity contribution in [3.05, 3.63) is 90.0 Å². The molecule has 36 heavy (non-hydrogen) atoms. The Morgan fingerprint density at radius 1 is 0.944 bits per heavy atom. The predicted octanol–water partition coefficient (Wildman–Crippen LogP) is 6.42. The van der Waals surface area contributed by atoms with Crippen LogP contribution < -0.4 is 14.8 Å². The Kier molecular flexibility index (Phi) is 8.53. The molecule has 0 aliphatic carbocycles. The molecule has 0 spiro atoms. The minimum atomic E-state index is -2.79. The first-order valence-corrected chi connectivity index (χ1v) is 15.9. The molecule has 1 aliphatic rings. The number of aryl methyl sites for hydroxylation is 1. The van der Waals surface area contributed by atoms with Crippen molar-refractivity contribution in [2.45, 2.75) is 64.5 Å². The topological polar surface area (TPSA) is 38.7 Å². The molecule has 0 amide bonds. The van der Waals surface area contributed by atoms with Gasteiger partial charge in [0.25, 0.3) is 0 Å². The highest BCUT2D eigenvalue weighted by atomic mass is 32.2. The first-order valence-electron chi connectivity index (χ1n) is 13.0. The van der Waals surface area contributed by atoms with Crippen molar-refractivity contribution in [1.82, 2.24) is 0 Å². The zero-order valence-corrected chi connectivity index (χ0v) is 23.7.